The van der Waals surface area contributed by atoms with Crippen molar-refractivity contribution in [2.75, 3.05) is 0 Å². The predicted molar refractivity (Wildman–Crippen MR) is 64.7 cm³/mol. The maximum atomic E-state index is 10.9. The number of fused-ring (bicyclic) bond motifs is 1. The molecule has 82 valence electrons. The van der Waals surface area contributed by atoms with Crippen molar-refractivity contribution in [3.8, 4) is 0 Å². The third kappa shape index (κ3) is 1.91. The van der Waals surface area contributed by atoms with Gasteiger partial charge in [-0.05, 0) is 30.2 Å². The average Bonchev–Trinajstić information content (AvgIpc) is 2.27. The molecule has 2 nitrogen and oxygen atoms in total. The van der Waals surface area contributed by atoms with Crippen LogP contribution in [0.4, 0.5) is 0 Å². The van der Waals surface area contributed by atoms with Crippen LogP contribution in [0.15, 0.2) is 36.4 Å². The van der Waals surface area contributed by atoms with Crippen LogP contribution < -0.4 is 0 Å². The lowest BCUT2D eigenvalue weighted by Crippen LogP contribution is -2.06. The molecule has 1 N–H and O–H groups in total. The van der Waals surface area contributed by atoms with Gasteiger partial charge in [-0.2, -0.15) is 0 Å². The summed E-state index contributed by atoms with van der Waals surface area (Å²) in [4.78, 5) is 10.9. The molecular weight excluding hydrogens is 200 g/mol. The molecule has 1 atom stereocenters. The summed E-state index contributed by atoms with van der Waals surface area (Å²) in [5.41, 5.74) is 2.07. The SMILES string of the molecule is Cc1ccc2cc(C(C)C(=O)O)ccc2c1. The average molecular weight is 214 g/mol. The van der Waals surface area contributed by atoms with E-state index in [2.05, 4.69) is 6.07 Å². The number of carboxylic acid groups (broad SMARTS) is 1. The first-order chi connectivity index (χ1) is 7.58. The smallest absolute Gasteiger partial charge is 0.310 e. The van der Waals surface area contributed by atoms with Crippen LogP contribution in [0.5, 0.6) is 0 Å². The minimum atomic E-state index is -0.786. The van der Waals surface area contributed by atoms with E-state index in [1.54, 1.807) is 6.92 Å². The van der Waals surface area contributed by atoms with Crippen LogP contribution >= 0.6 is 0 Å². The summed E-state index contributed by atoms with van der Waals surface area (Å²) in [6, 6.07) is 12.0. The molecule has 2 heteroatoms. The fraction of sp³-hybridized carbons (Fsp3) is 0.214. The maximum absolute atomic E-state index is 10.9. The molecule has 2 rings (SSSR count). The highest BCUT2D eigenvalue weighted by Gasteiger charge is 2.13. The van der Waals surface area contributed by atoms with Crippen molar-refractivity contribution in [3.05, 3.63) is 47.5 Å². The standard InChI is InChI=1S/C14H14O2/c1-9-3-4-13-8-11(10(2)14(15)16)5-6-12(13)7-9/h3-8,10H,1-2H3,(H,15,16). The summed E-state index contributed by atoms with van der Waals surface area (Å²) in [6.07, 6.45) is 0. The highest BCUT2D eigenvalue weighted by Crippen LogP contribution is 2.22. The zero-order chi connectivity index (χ0) is 11.7. The molecule has 1 unspecified atom stereocenters. The van der Waals surface area contributed by atoms with Crippen molar-refractivity contribution in [2.45, 2.75) is 19.8 Å². The van der Waals surface area contributed by atoms with E-state index in [4.69, 9.17) is 5.11 Å². The second-order valence-electron chi connectivity index (χ2n) is 4.17. The molecule has 2 aromatic carbocycles. The highest BCUT2D eigenvalue weighted by atomic mass is 16.4. The van der Waals surface area contributed by atoms with Gasteiger partial charge in [0.05, 0.1) is 5.92 Å². The first kappa shape index (κ1) is 10.7. The highest BCUT2D eigenvalue weighted by molar-refractivity contribution is 5.85. The van der Waals surface area contributed by atoms with E-state index in [0.29, 0.717) is 0 Å². The normalized spacial score (nSPS) is 12.6. The fourth-order valence-corrected chi connectivity index (χ4v) is 1.80. The van der Waals surface area contributed by atoms with Crippen LogP contribution in [-0.4, -0.2) is 11.1 Å². The molecular formula is C14H14O2. The Balaban J connectivity index is 2.52. The van der Waals surface area contributed by atoms with Crippen LogP contribution in [0.1, 0.15) is 24.0 Å². The van der Waals surface area contributed by atoms with Gasteiger partial charge in [-0.15, -0.1) is 0 Å². The number of hydrogen-bond donors (Lipinski definition) is 1. The van der Waals surface area contributed by atoms with Crippen molar-refractivity contribution in [1.82, 2.24) is 0 Å². The van der Waals surface area contributed by atoms with Crippen molar-refractivity contribution in [1.29, 1.82) is 0 Å². The third-order valence-electron chi connectivity index (χ3n) is 2.89. The van der Waals surface area contributed by atoms with Gasteiger partial charge in [-0.25, -0.2) is 0 Å². The maximum Gasteiger partial charge on any atom is 0.310 e. The van der Waals surface area contributed by atoms with Gasteiger partial charge in [0.2, 0.25) is 0 Å². The number of benzene rings is 2. The summed E-state index contributed by atoms with van der Waals surface area (Å²) in [6.45, 7) is 3.75. The second kappa shape index (κ2) is 3.97. The van der Waals surface area contributed by atoms with Gasteiger partial charge < -0.3 is 5.11 Å². The van der Waals surface area contributed by atoms with Gasteiger partial charge >= 0.3 is 5.97 Å². The summed E-state index contributed by atoms with van der Waals surface area (Å²) in [5.74, 6) is -1.24. The van der Waals surface area contributed by atoms with E-state index in [1.165, 1.54) is 5.56 Å². The van der Waals surface area contributed by atoms with Crippen molar-refractivity contribution in [2.24, 2.45) is 0 Å². The Labute approximate surface area is 94.5 Å². The molecule has 0 aromatic heterocycles. The number of aryl methyl sites for hydroxylation is 1. The van der Waals surface area contributed by atoms with E-state index in [0.717, 1.165) is 16.3 Å². The summed E-state index contributed by atoms with van der Waals surface area (Å²) < 4.78 is 0. The van der Waals surface area contributed by atoms with Crippen molar-refractivity contribution in [3.63, 3.8) is 0 Å². The Kier molecular flexibility index (Phi) is 2.65. The number of aliphatic carboxylic acids is 1. The molecule has 0 bridgehead atoms. The predicted octanol–water partition coefficient (Wildman–Crippen LogP) is 3.34. The lowest BCUT2D eigenvalue weighted by molar-refractivity contribution is -0.138. The quantitative estimate of drug-likeness (QED) is 0.832. The lowest BCUT2D eigenvalue weighted by Gasteiger charge is -2.08. The molecule has 0 saturated carbocycles. The number of carbonyl (C=O) groups is 1. The molecule has 0 amide bonds. The lowest BCUT2D eigenvalue weighted by atomic mass is 9.97. The van der Waals surface area contributed by atoms with Gasteiger partial charge in [-0.3, -0.25) is 4.79 Å². The minimum Gasteiger partial charge on any atom is -0.481 e. The van der Waals surface area contributed by atoms with Crippen molar-refractivity contribution >= 4 is 16.7 Å². The summed E-state index contributed by atoms with van der Waals surface area (Å²) in [7, 11) is 0. The topological polar surface area (TPSA) is 37.3 Å². The molecule has 0 fully saturated rings. The second-order valence-corrected chi connectivity index (χ2v) is 4.17. The van der Waals surface area contributed by atoms with Gasteiger partial charge in [-0.1, -0.05) is 42.0 Å². The molecule has 0 aliphatic carbocycles. The molecule has 0 aliphatic rings. The van der Waals surface area contributed by atoms with Gasteiger partial charge in [0, 0.05) is 0 Å². The summed E-state index contributed by atoms with van der Waals surface area (Å²) in [5, 5.41) is 11.2. The van der Waals surface area contributed by atoms with Crippen LogP contribution in [0.25, 0.3) is 10.8 Å². The Hall–Kier alpha value is -1.83. The zero-order valence-corrected chi connectivity index (χ0v) is 9.40. The number of hydrogen-bond acceptors (Lipinski definition) is 1. The molecule has 16 heavy (non-hydrogen) atoms. The van der Waals surface area contributed by atoms with E-state index >= 15 is 0 Å². The van der Waals surface area contributed by atoms with Crippen LogP contribution in [-0.2, 0) is 4.79 Å². The van der Waals surface area contributed by atoms with Gasteiger partial charge in [0.15, 0.2) is 0 Å². The van der Waals surface area contributed by atoms with E-state index in [1.807, 2.05) is 37.3 Å². The van der Waals surface area contributed by atoms with Gasteiger partial charge in [0.25, 0.3) is 0 Å². The molecule has 0 aliphatic heterocycles. The van der Waals surface area contributed by atoms with Crippen molar-refractivity contribution < 1.29 is 9.90 Å². The third-order valence-corrected chi connectivity index (χ3v) is 2.89. The molecule has 0 saturated heterocycles. The monoisotopic (exact) mass is 214 g/mol. The van der Waals surface area contributed by atoms with Crippen LogP contribution in [0.2, 0.25) is 0 Å². The minimum absolute atomic E-state index is 0.453. The van der Waals surface area contributed by atoms with E-state index in [9.17, 15) is 4.79 Å². The molecule has 0 radical (unpaired) electrons. The first-order valence-corrected chi connectivity index (χ1v) is 5.31. The number of carboxylic acids is 1. The fourth-order valence-electron chi connectivity index (χ4n) is 1.80. The molecule has 2 aromatic rings. The zero-order valence-electron chi connectivity index (χ0n) is 9.40. The van der Waals surface area contributed by atoms with Crippen LogP contribution in [0, 0.1) is 6.92 Å². The molecule has 0 heterocycles. The van der Waals surface area contributed by atoms with Gasteiger partial charge in [0.1, 0.15) is 0 Å². The van der Waals surface area contributed by atoms with E-state index < -0.39 is 11.9 Å². The summed E-state index contributed by atoms with van der Waals surface area (Å²) >= 11 is 0. The Morgan fingerprint density at radius 3 is 2.44 bits per heavy atom. The van der Waals surface area contributed by atoms with Crippen LogP contribution in [0.3, 0.4) is 0 Å². The van der Waals surface area contributed by atoms with E-state index in [-0.39, 0.29) is 0 Å². The largest absolute Gasteiger partial charge is 0.481 e. The Morgan fingerprint density at radius 1 is 1.12 bits per heavy atom. The first-order valence-electron chi connectivity index (χ1n) is 5.31. The molecule has 0 spiro atoms. The Morgan fingerprint density at radius 2 is 1.75 bits per heavy atom. The Bertz CT molecular complexity index is 543. The number of rotatable bonds is 2.